The Kier molecular flexibility index (Phi) is 3.48. The lowest BCUT2D eigenvalue weighted by molar-refractivity contribution is -0.199. The number of nitrogens with zero attached hydrogens (tertiary/aromatic N) is 1. The summed E-state index contributed by atoms with van der Waals surface area (Å²) in [4.78, 5) is 15.1. The molecule has 1 aromatic rings. The van der Waals surface area contributed by atoms with Crippen LogP contribution < -0.4 is 0 Å². The number of ether oxygens (including phenoxy) is 3. The smallest absolute Gasteiger partial charge is 0.302 e. The highest BCUT2D eigenvalue weighted by molar-refractivity contribution is 5.95. The van der Waals surface area contributed by atoms with Gasteiger partial charge in [0.15, 0.2) is 0 Å². The Hall–Kier alpha value is -2.18. The maximum Gasteiger partial charge on any atom is 0.302 e. The second kappa shape index (κ2) is 5.31. The third-order valence-electron chi connectivity index (χ3n) is 3.17. The average molecular weight is 289 g/mol. The van der Waals surface area contributed by atoms with Crippen molar-refractivity contribution >= 4 is 11.9 Å². The highest BCUT2D eigenvalue weighted by Gasteiger charge is 2.48. The zero-order valence-corrected chi connectivity index (χ0v) is 11.4. The van der Waals surface area contributed by atoms with Crippen molar-refractivity contribution in [1.82, 2.24) is 0 Å². The molecule has 0 aliphatic carbocycles. The van der Waals surface area contributed by atoms with Crippen LogP contribution in [0.5, 0.6) is 0 Å². The van der Waals surface area contributed by atoms with E-state index < -0.39 is 18.1 Å². The van der Waals surface area contributed by atoms with Crippen molar-refractivity contribution in [1.29, 1.82) is 0 Å². The molecule has 0 aromatic heterocycles. The Morgan fingerprint density at radius 3 is 2.90 bits per heavy atom. The summed E-state index contributed by atoms with van der Waals surface area (Å²) < 4.78 is 16.0. The minimum Gasteiger partial charge on any atom is -0.463 e. The summed E-state index contributed by atoms with van der Waals surface area (Å²) in [5, 5.41) is 10.4. The van der Waals surface area contributed by atoms with Crippen LogP contribution in [0.25, 0.3) is 0 Å². The van der Waals surface area contributed by atoms with Gasteiger partial charge < -0.3 is 19.3 Å². The van der Waals surface area contributed by atoms with E-state index in [1.165, 1.54) is 13.0 Å². The maximum absolute atomic E-state index is 10.8. The Morgan fingerprint density at radius 2 is 2.19 bits per heavy atom. The standard InChI is InChI=1S/C15H15NO5/c1-10(17)19-9-12-7-8-15(18)14(20-12)16-13(21-15)11-5-3-2-4-6-11/h2-8,12,14,18H,9H2,1H3/t12-,14+,15-/m0/s1. The van der Waals surface area contributed by atoms with E-state index in [0.29, 0.717) is 5.90 Å². The summed E-state index contributed by atoms with van der Waals surface area (Å²) in [5.74, 6) is -1.68. The summed E-state index contributed by atoms with van der Waals surface area (Å²) >= 11 is 0. The lowest BCUT2D eigenvalue weighted by Gasteiger charge is -2.30. The molecule has 1 N–H and O–H groups in total. The summed E-state index contributed by atoms with van der Waals surface area (Å²) in [5.41, 5.74) is 0.758. The van der Waals surface area contributed by atoms with Gasteiger partial charge in [0.25, 0.3) is 5.79 Å². The molecule has 0 saturated heterocycles. The highest BCUT2D eigenvalue weighted by Crippen LogP contribution is 2.32. The molecule has 0 spiro atoms. The second-order valence-electron chi connectivity index (χ2n) is 4.84. The lowest BCUT2D eigenvalue weighted by atomic mass is 10.1. The monoisotopic (exact) mass is 289 g/mol. The first-order valence-electron chi connectivity index (χ1n) is 6.59. The Bertz CT molecular complexity index is 597. The Balaban J connectivity index is 1.75. The molecule has 3 rings (SSSR count). The normalized spacial score (nSPS) is 30.3. The van der Waals surface area contributed by atoms with Gasteiger partial charge in [0.2, 0.25) is 12.1 Å². The van der Waals surface area contributed by atoms with E-state index in [0.717, 1.165) is 5.56 Å². The largest absolute Gasteiger partial charge is 0.463 e. The quantitative estimate of drug-likeness (QED) is 0.663. The predicted molar refractivity (Wildman–Crippen MR) is 73.4 cm³/mol. The molecule has 6 nitrogen and oxygen atoms in total. The zero-order chi connectivity index (χ0) is 14.9. The Morgan fingerprint density at radius 1 is 1.43 bits per heavy atom. The molecule has 0 radical (unpaired) electrons. The number of fused-ring (bicyclic) bond motifs is 1. The Labute approximate surface area is 121 Å². The number of carbonyl (C=O) groups is 1. The van der Waals surface area contributed by atoms with Crippen LogP contribution in [0.2, 0.25) is 0 Å². The van der Waals surface area contributed by atoms with Crippen molar-refractivity contribution < 1.29 is 24.1 Å². The molecule has 0 fully saturated rings. The minimum absolute atomic E-state index is 0.0780. The van der Waals surface area contributed by atoms with Gasteiger partial charge in [0.05, 0.1) is 0 Å². The molecule has 3 atom stereocenters. The van der Waals surface area contributed by atoms with Gasteiger partial charge >= 0.3 is 5.97 Å². The molecule has 0 bridgehead atoms. The zero-order valence-electron chi connectivity index (χ0n) is 11.4. The molecule has 21 heavy (non-hydrogen) atoms. The molecule has 1 aromatic carbocycles. The van der Waals surface area contributed by atoms with Crippen molar-refractivity contribution in [2.75, 3.05) is 6.61 Å². The van der Waals surface area contributed by atoms with Crippen molar-refractivity contribution in [3.05, 3.63) is 48.0 Å². The number of benzene rings is 1. The summed E-state index contributed by atoms with van der Waals surface area (Å²) in [6.45, 7) is 1.40. The summed E-state index contributed by atoms with van der Waals surface area (Å²) in [6, 6.07) is 9.26. The molecule has 6 heteroatoms. The number of carbonyl (C=O) groups excluding carboxylic acids is 1. The van der Waals surface area contributed by atoms with Crippen LogP contribution >= 0.6 is 0 Å². The number of hydrogen-bond acceptors (Lipinski definition) is 6. The SMILES string of the molecule is CC(=O)OC[C@@H]1C=C[C@]2(O)OC(c3ccccc3)=N[C@@H]2O1. The van der Waals surface area contributed by atoms with E-state index >= 15 is 0 Å². The van der Waals surface area contributed by atoms with Crippen LogP contribution in [-0.4, -0.2) is 41.7 Å². The number of aliphatic imine (C=N–C) groups is 1. The molecular weight excluding hydrogens is 274 g/mol. The number of rotatable bonds is 3. The van der Waals surface area contributed by atoms with Crippen LogP contribution in [0.4, 0.5) is 0 Å². The molecule has 2 aliphatic heterocycles. The van der Waals surface area contributed by atoms with Gasteiger partial charge in [-0.25, -0.2) is 4.99 Å². The molecule has 2 aliphatic rings. The molecule has 110 valence electrons. The summed E-state index contributed by atoms with van der Waals surface area (Å²) in [6.07, 6.45) is 1.75. The number of esters is 1. The molecule has 2 heterocycles. The van der Waals surface area contributed by atoms with Crippen molar-refractivity contribution in [2.45, 2.75) is 25.0 Å². The van der Waals surface area contributed by atoms with E-state index in [2.05, 4.69) is 4.99 Å². The first-order valence-corrected chi connectivity index (χ1v) is 6.59. The third kappa shape index (κ3) is 2.81. The predicted octanol–water partition coefficient (Wildman–Crippen LogP) is 0.996. The average Bonchev–Trinajstić information content (AvgIpc) is 2.83. The van der Waals surface area contributed by atoms with Crippen molar-refractivity contribution in [3.8, 4) is 0 Å². The first-order chi connectivity index (χ1) is 10.1. The van der Waals surface area contributed by atoms with Gasteiger partial charge in [0.1, 0.15) is 12.7 Å². The molecule has 0 unspecified atom stereocenters. The fourth-order valence-corrected chi connectivity index (χ4v) is 2.14. The maximum atomic E-state index is 10.8. The van der Waals surface area contributed by atoms with E-state index in [1.54, 1.807) is 6.08 Å². The van der Waals surface area contributed by atoms with Gasteiger partial charge in [-0.3, -0.25) is 4.79 Å². The second-order valence-corrected chi connectivity index (χ2v) is 4.84. The van der Waals surface area contributed by atoms with Gasteiger partial charge in [-0.2, -0.15) is 0 Å². The molecule has 0 amide bonds. The van der Waals surface area contributed by atoms with Crippen LogP contribution in [0.15, 0.2) is 47.5 Å². The lowest BCUT2D eigenvalue weighted by Crippen LogP contribution is -2.45. The van der Waals surface area contributed by atoms with Crippen LogP contribution in [0, 0.1) is 0 Å². The van der Waals surface area contributed by atoms with E-state index in [9.17, 15) is 9.90 Å². The fourth-order valence-electron chi connectivity index (χ4n) is 2.14. The number of aliphatic hydroxyl groups is 1. The number of hydrogen-bond donors (Lipinski definition) is 1. The van der Waals surface area contributed by atoms with Crippen molar-refractivity contribution in [2.24, 2.45) is 4.99 Å². The van der Waals surface area contributed by atoms with Crippen molar-refractivity contribution in [3.63, 3.8) is 0 Å². The summed E-state index contributed by atoms with van der Waals surface area (Å²) in [7, 11) is 0. The van der Waals surface area contributed by atoms with Gasteiger partial charge in [-0.1, -0.05) is 18.2 Å². The van der Waals surface area contributed by atoms with Gasteiger partial charge in [0, 0.05) is 12.5 Å². The topological polar surface area (TPSA) is 77.4 Å². The fraction of sp³-hybridized carbons (Fsp3) is 0.333. The molecular formula is C15H15NO5. The van der Waals surface area contributed by atoms with Crippen LogP contribution in [0.1, 0.15) is 12.5 Å². The van der Waals surface area contributed by atoms with Crippen LogP contribution in [-0.2, 0) is 19.0 Å². The highest BCUT2D eigenvalue weighted by atomic mass is 16.7. The minimum atomic E-state index is -1.61. The van der Waals surface area contributed by atoms with Crippen LogP contribution in [0.3, 0.4) is 0 Å². The van der Waals surface area contributed by atoms with Gasteiger partial charge in [-0.05, 0) is 24.3 Å². The third-order valence-corrected chi connectivity index (χ3v) is 3.17. The van der Waals surface area contributed by atoms with E-state index in [1.807, 2.05) is 30.3 Å². The van der Waals surface area contributed by atoms with Gasteiger partial charge in [-0.15, -0.1) is 0 Å². The first kappa shape index (κ1) is 13.8. The van der Waals surface area contributed by atoms with E-state index in [4.69, 9.17) is 14.2 Å². The molecule has 0 saturated carbocycles. The van der Waals surface area contributed by atoms with E-state index in [-0.39, 0.29) is 12.6 Å².